The second-order valence-electron chi connectivity index (χ2n) is 5.73. The number of nitrogens with one attached hydrogen (secondary N) is 1. The lowest BCUT2D eigenvalue weighted by Gasteiger charge is -2.28. The molecule has 0 saturated carbocycles. The highest BCUT2D eigenvalue weighted by atomic mass is 35.5. The van der Waals surface area contributed by atoms with Crippen LogP contribution in [0.1, 0.15) is 34.0 Å². The number of rotatable bonds is 5. The summed E-state index contributed by atoms with van der Waals surface area (Å²) in [5, 5.41) is 5.36. The molecule has 1 fully saturated rings. The number of carbonyl (C=O) groups is 2. The Hall–Kier alpha value is -1.50. The molecule has 3 rings (SSSR count). The van der Waals surface area contributed by atoms with Gasteiger partial charge in [0, 0.05) is 27.8 Å². The van der Waals surface area contributed by atoms with Crippen molar-refractivity contribution < 1.29 is 9.59 Å². The van der Waals surface area contributed by atoms with Crippen LogP contribution in [0.5, 0.6) is 0 Å². The fourth-order valence-corrected chi connectivity index (χ4v) is 5.24. The van der Waals surface area contributed by atoms with Gasteiger partial charge in [-0.3, -0.25) is 9.59 Å². The Bertz CT molecular complexity index is 734. The summed E-state index contributed by atoms with van der Waals surface area (Å²) in [6.07, 6.45) is 0.866. The van der Waals surface area contributed by atoms with Gasteiger partial charge in [0.1, 0.15) is 11.4 Å². The SMILES string of the molecule is CCCNC(=O)C1CSC(c2cccs2)N1C(=O)c1ccc(Cl)cc1. The Morgan fingerprint density at radius 1 is 1.28 bits per heavy atom. The summed E-state index contributed by atoms with van der Waals surface area (Å²) in [5.41, 5.74) is 0.543. The second-order valence-corrected chi connectivity index (χ2v) is 8.26. The van der Waals surface area contributed by atoms with Gasteiger partial charge in [-0.15, -0.1) is 23.1 Å². The number of halogens is 1. The second kappa shape index (κ2) is 8.25. The maximum atomic E-state index is 13.1. The average Bonchev–Trinajstić information content (AvgIpc) is 3.28. The zero-order valence-electron chi connectivity index (χ0n) is 13.8. The number of thioether (sulfide) groups is 1. The maximum absolute atomic E-state index is 13.1. The first-order chi connectivity index (χ1) is 12.1. The van der Waals surface area contributed by atoms with Crippen molar-refractivity contribution in [2.75, 3.05) is 12.3 Å². The van der Waals surface area contributed by atoms with Crippen LogP contribution in [-0.4, -0.2) is 35.1 Å². The first-order valence-electron chi connectivity index (χ1n) is 8.12. The molecule has 1 aromatic carbocycles. The highest BCUT2D eigenvalue weighted by Gasteiger charge is 2.42. The van der Waals surface area contributed by atoms with Crippen LogP contribution in [0.15, 0.2) is 41.8 Å². The lowest BCUT2D eigenvalue weighted by atomic mass is 10.1. The molecule has 2 amide bonds. The summed E-state index contributed by atoms with van der Waals surface area (Å²) >= 11 is 9.17. The summed E-state index contributed by atoms with van der Waals surface area (Å²) in [7, 11) is 0. The van der Waals surface area contributed by atoms with Gasteiger partial charge in [-0.2, -0.15) is 0 Å². The van der Waals surface area contributed by atoms with Crippen molar-refractivity contribution in [3.05, 3.63) is 57.2 Å². The minimum absolute atomic E-state index is 0.0873. The van der Waals surface area contributed by atoms with E-state index in [0.717, 1.165) is 11.3 Å². The van der Waals surface area contributed by atoms with E-state index in [9.17, 15) is 9.59 Å². The molecule has 0 bridgehead atoms. The number of nitrogens with zero attached hydrogens (tertiary/aromatic N) is 1. The molecule has 0 spiro atoms. The Morgan fingerprint density at radius 3 is 2.68 bits per heavy atom. The number of carbonyl (C=O) groups excluding carboxylic acids is 2. The van der Waals surface area contributed by atoms with Crippen LogP contribution in [0.3, 0.4) is 0 Å². The standard InChI is InChI=1S/C18H19ClN2O2S2/c1-2-9-20-16(22)14-11-25-18(15-4-3-10-24-15)21(14)17(23)12-5-7-13(19)8-6-12/h3-8,10,14,18H,2,9,11H2,1H3,(H,20,22). The van der Waals surface area contributed by atoms with Gasteiger partial charge in [-0.25, -0.2) is 0 Å². The predicted molar refractivity (Wildman–Crippen MR) is 104 cm³/mol. The van der Waals surface area contributed by atoms with E-state index in [2.05, 4.69) is 5.32 Å². The first-order valence-corrected chi connectivity index (χ1v) is 10.4. The molecule has 1 aromatic heterocycles. The van der Waals surface area contributed by atoms with Gasteiger partial charge in [-0.05, 0) is 42.1 Å². The van der Waals surface area contributed by atoms with Crippen LogP contribution in [0.4, 0.5) is 0 Å². The Morgan fingerprint density at radius 2 is 2.04 bits per heavy atom. The van der Waals surface area contributed by atoms with Gasteiger partial charge in [-0.1, -0.05) is 24.6 Å². The van der Waals surface area contributed by atoms with Gasteiger partial charge in [0.25, 0.3) is 5.91 Å². The molecule has 1 aliphatic heterocycles. The summed E-state index contributed by atoms with van der Waals surface area (Å²) in [5.74, 6) is 0.365. The van der Waals surface area contributed by atoms with Crippen molar-refractivity contribution in [1.29, 1.82) is 0 Å². The molecule has 25 heavy (non-hydrogen) atoms. The van der Waals surface area contributed by atoms with E-state index < -0.39 is 6.04 Å². The van der Waals surface area contributed by atoms with Crippen molar-refractivity contribution in [3.8, 4) is 0 Å². The number of hydrogen-bond donors (Lipinski definition) is 1. The molecule has 2 atom stereocenters. The van der Waals surface area contributed by atoms with Crippen molar-refractivity contribution in [2.45, 2.75) is 24.8 Å². The van der Waals surface area contributed by atoms with E-state index in [1.54, 1.807) is 52.3 Å². The number of thiophene rings is 1. The van der Waals surface area contributed by atoms with Gasteiger partial charge >= 0.3 is 0 Å². The molecule has 4 nitrogen and oxygen atoms in total. The third-order valence-corrected chi connectivity index (χ3v) is 6.60. The Labute approximate surface area is 160 Å². The third kappa shape index (κ3) is 4.02. The van der Waals surface area contributed by atoms with E-state index in [1.165, 1.54) is 0 Å². The lowest BCUT2D eigenvalue weighted by molar-refractivity contribution is -0.124. The number of benzene rings is 1. The molecule has 0 aliphatic carbocycles. The monoisotopic (exact) mass is 394 g/mol. The van der Waals surface area contributed by atoms with Crippen LogP contribution >= 0.6 is 34.7 Å². The molecular weight excluding hydrogens is 376 g/mol. The van der Waals surface area contributed by atoms with Crippen LogP contribution in [0.25, 0.3) is 0 Å². The number of hydrogen-bond acceptors (Lipinski definition) is 4. The van der Waals surface area contributed by atoms with Crippen LogP contribution in [0.2, 0.25) is 5.02 Å². The molecule has 7 heteroatoms. The maximum Gasteiger partial charge on any atom is 0.255 e. The topological polar surface area (TPSA) is 49.4 Å². The molecular formula is C18H19ClN2O2S2. The molecule has 132 valence electrons. The van der Waals surface area contributed by atoms with E-state index in [0.29, 0.717) is 22.9 Å². The quantitative estimate of drug-likeness (QED) is 0.827. The molecule has 1 saturated heterocycles. The van der Waals surface area contributed by atoms with E-state index in [4.69, 9.17) is 11.6 Å². The van der Waals surface area contributed by atoms with Crippen molar-refractivity contribution >= 4 is 46.5 Å². The van der Waals surface area contributed by atoms with Gasteiger partial charge < -0.3 is 10.2 Å². The Balaban J connectivity index is 1.90. The van der Waals surface area contributed by atoms with Gasteiger partial charge in [0.2, 0.25) is 5.91 Å². The third-order valence-electron chi connectivity index (χ3n) is 3.96. The minimum atomic E-state index is -0.466. The summed E-state index contributed by atoms with van der Waals surface area (Å²) in [4.78, 5) is 28.5. The van der Waals surface area contributed by atoms with E-state index >= 15 is 0 Å². The molecule has 0 radical (unpaired) electrons. The normalized spacial score (nSPS) is 19.8. The Kier molecular flexibility index (Phi) is 6.04. The van der Waals surface area contributed by atoms with Crippen LogP contribution in [0, 0.1) is 0 Å². The largest absolute Gasteiger partial charge is 0.354 e. The highest BCUT2D eigenvalue weighted by molar-refractivity contribution is 7.99. The lowest BCUT2D eigenvalue weighted by Crippen LogP contribution is -2.48. The minimum Gasteiger partial charge on any atom is -0.354 e. The van der Waals surface area contributed by atoms with Gasteiger partial charge in [0.05, 0.1) is 0 Å². The van der Waals surface area contributed by atoms with Crippen molar-refractivity contribution in [1.82, 2.24) is 10.2 Å². The highest BCUT2D eigenvalue weighted by Crippen LogP contribution is 2.43. The molecule has 2 aromatic rings. The summed E-state index contributed by atoms with van der Waals surface area (Å²) in [6.45, 7) is 2.63. The van der Waals surface area contributed by atoms with E-state index in [1.807, 2.05) is 24.4 Å². The van der Waals surface area contributed by atoms with Crippen LogP contribution < -0.4 is 5.32 Å². The van der Waals surface area contributed by atoms with Crippen LogP contribution in [-0.2, 0) is 4.79 Å². The average molecular weight is 395 g/mol. The van der Waals surface area contributed by atoms with Crippen molar-refractivity contribution in [2.24, 2.45) is 0 Å². The van der Waals surface area contributed by atoms with E-state index in [-0.39, 0.29) is 17.2 Å². The first kappa shape index (κ1) is 18.3. The predicted octanol–water partition coefficient (Wildman–Crippen LogP) is 4.18. The molecule has 2 unspecified atom stereocenters. The van der Waals surface area contributed by atoms with Crippen molar-refractivity contribution in [3.63, 3.8) is 0 Å². The van der Waals surface area contributed by atoms with Gasteiger partial charge in [0.15, 0.2) is 0 Å². The summed E-state index contributed by atoms with van der Waals surface area (Å²) in [6, 6.07) is 10.3. The molecule has 1 aliphatic rings. The summed E-state index contributed by atoms with van der Waals surface area (Å²) < 4.78 is 0. The smallest absolute Gasteiger partial charge is 0.255 e. The molecule has 1 N–H and O–H groups in total. The zero-order valence-corrected chi connectivity index (χ0v) is 16.2. The number of amides is 2. The zero-order chi connectivity index (χ0) is 17.8. The molecule has 2 heterocycles. The fourth-order valence-electron chi connectivity index (χ4n) is 2.71. The fraction of sp³-hybridized carbons (Fsp3) is 0.333.